The van der Waals surface area contributed by atoms with Crippen LogP contribution in [0.1, 0.15) is 16.1 Å². The second kappa shape index (κ2) is 6.31. The molecule has 0 saturated carbocycles. The molecule has 2 rings (SSSR count). The van der Waals surface area contributed by atoms with Gasteiger partial charge in [0.1, 0.15) is 5.69 Å². The lowest BCUT2D eigenvalue weighted by molar-refractivity contribution is 0.0950. The van der Waals surface area contributed by atoms with Gasteiger partial charge in [-0.25, -0.2) is 5.43 Å². The summed E-state index contributed by atoms with van der Waals surface area (Å²) in [6.45, 7) is 0. The van der Waals surface area contributed by atoms with Gasteiger partial charge in [-0.15, -0.1) is 0 Å². The van der Waals surface area contributed by atoms with Crippen molar-refractivity contribution >= 4 is 35.3 Å². The molecule has 0 radical (unpaired) electrons. The van der Waals surface area contributed by atoms with Crippen molar-refractivity contribution in [2.45, 2.75) is 0 Å². The smallest absolute Gasteiger partial charge is 0.266 e. The predicted molar refractivity (Wildman–Crippen MR) is 75.8 cm³/mol. The first kappa shape index (κ1) is 13.5. The van der Waals surface area contributed by atoms with Crippen LogP contribution in [0.5, 0.6) is 0 Å². The van der Waals surface area contributed by atoms with Gasteiger partial charge in [-0.1, -0.05) is 35.3 Å². The second-order valence-electron chi connectivity index (χ2n) is 3.55. The minimum Gasteiger partial charge on any atom is -0.266 e. The highest BCUT2D eigenvalue weighted by Crippen LogP contribution is 2.21. The number of nitrogens with one attached hydrogen (secondary N) is 1. The van der Waals surface area contributed by atoms with Crippen molar-refractivity contribution in [2.75, 3.05) is 0 Å². The van der Waals surface area contributed by atoms with Crippen molar-refractivity contribution in [3.63, 3.8) is 0 Å². The zero-order valence-electron chi connectivity index (χ0n) is 9.68. The molecule has 6 heteroatoms. The maximum absolute atomic E-state index is 11.7. The fraction of sp³-hybridized carbons (Fsp3) is 0. The third-order valence-electron chi connectivity index (χ3n) is 2.26. The van der Waals surface area contributed by atoms with E-state index in [2.05, 4.69) is 15.5 Å². The average Bonchev–Trinajstić information content (AvgIpc) is 2.43. The van der Waals surface area contributed by atoms with Gasteiger partial charge in [-0.2, -0.15) is 5.10 Å². The van der Waals surface area contributed by atoms with E-state index >= 15 is 0 Å². The Bertz CT molecular complexity index is 594. The van der Waals surface area contributed by atoms with E-state index in [4.69, 9.17) is 23.2 Å². The molecule has 1 amide bonds. The van der Waals surface area contributed by atoms with Crippen LogP contribution in [0.4, 0.5) is 0 Å². The summed E-state index contributed by atoms with van der Waals surface area (Å²) in [5.41, 5.74) is 3.18. The van der Waals surface area contributed by atoms with Crippen LogP contribution in [0, 0.1) is 0 Å². The van der Waals surface area contributed by atoms with Crippen molar-refractivity contribution in [1.29, 1.82) is 0 Å². The van der Waals surface area contributed by atoms with Crippen molar-refractivity contribution < 1.29 is 4.79 Å². The van der Waals surface area contributed by atoms with E-state index in [1.54, 1.807) is 36.4 Å². The van der Waals surface area contributed by atoms with E-state index in [9.17, 15) is 4.79 Å². The first-order valence-electron chi connectivity index (χ1n) is 5.37. The van der Waals surface area contributed by atoms with Gasteiger partial charge < -0.3 is 0 Å². The number of nitrogens with zero attached hydrogens (tertiary/aromatic N) is 2. The second-order valence-corrected chi connectivity index (χ2v) is 4.36. The lowest BCUT2D eigenvalue weighted by Gasteiger charge is -2.01. The lowest BCUT2D eigenvalue weighted by Crippen LogP contribution is -2.18. The summed E-state index contributed by atoms with van der Waals surface area (Å²) in [6.07, 6.45) is 2.93. The van der Waals surface area contributed by atoms with Crippen LogP contribution in [-0.2, 0) is 0 Å². The molecule has 1 aromatic heterocycles. The number of carbonyl (C=O) groups is 1. The number of benzene rings is 1. The van der Waals surface area contributed by atoms with Crippen LogP contribution in [0.25, 0.3) is 0 Å². The molecule has 0 aliphatic heterocycles. The molecule has 0 bridgehead atoms. The molecule has 0 aliphatic rings. The Balaban J connectivity index is 2.07. The summed E-state index contributed by atoms with van der Waals surface area (Å²) < 4.78 is 0. The van der Waals surface area contributed by atoms with Crippen LogP contribution >= 0.6 is 23.2 Å². The molecule has 96 valence electrons. The summed E-state index contributed by atoms with van der Waals surface area (Å²) in [7, 11) is 0. The SMILES string of the molecule is O=C(N/N=C/c1c(Cl)cccc1Cl)c1ccccn1. The Morgan fingerprint density at radius 1 is 1.16 bits per heavy atom. The van der Waals surface area contributed by atoms with Gasteiger partial charge in [0.15, 0.2) is 0 Å². The number of aromatic nitrogens is 1. The van der Waals surface area contributed by atoms with Crippen molar-refractivity contribution in [1.82, 2.24) is 10.4 Å². The fourth-order valence-electron chi connectivity index (χ4n) is 1.34. The number of hydrogen-bond acceptors (Lipinski definition) is 3. The fourth-order valence-corrected chi connectivity index (χ4v) is 1.84. The maximum atomic E-state index is 11.7. The minimum atomic E-state index is -0.403. The molecule has 0 aliphatic carbocycles. The molecule has 0 fully saturated rings. The summed E-state index contributed by atoms with van der Waals surface area (Å²) in [6, 6.07) is 10.1. The summed E-state index contributed by atoms with van der Waals surface area (Å²) >= 11 is 11.9. The van der Waals surface area contributed by atoms with Gasteiger partial charge in [0.25, 0.3) is 5.91 Å². The number of pyridine rings is 1. The third kappa shape index (κ3) is 3.53. The number of hydrazone groups is 1. The minimum absolute atomic E-state index is 0.282. The Morgan fingerprint density at radius 2 is 1.89 bits per heavy atom. The van der Waals surface area contributed by atoms with Gasteiger partial charge >= 0.3 is 0 Å². The van der Waals surface area contributed by atoms with Crippen molar-refractivity contribution in [3.05, 3.63) is 63.9 Å². The normalized spacial score (nSPS) is 10.6. The molecule has 1 heterocycles. The molecular weight excluding hydrogens is 285 g/mol. The van der Waals surface area contributed by atoms with Gasteiger partial charge in [0.2, 0.25) is 0 Å². The zero-order chi connectivity index (χ0) is 13.7. The van der Waals surface area contributed by atoms with Gasteiger partial charge in [0.05, 0.1) is 16.3 Å². The number of amides is 1. The van der Waals surface area contributed by atoms with Gasteiger partial charge in [-0.3, -0.25) is 9.78 Å². The monoisotopic (exact) mass is 293 g/mol. The maximum Gasteiger partial charge on any atom is 0.289 e. The quantitative estimate of drug-likeness (QED) is 0.698. The first-order chi connectivity index (χ1) is 9.18. The molecule has 0 spiro atoms. The van der Waals surface area contributed by atoms with E-state index in [0.29, 0.717) is 15.6 Å². The van der Waals surface area contributed by atoms with Gasteiger partial charge in [0, 0.05) is 11.8 Å². The number of rotatable bonds is 3. The molecule has 2 aromatic rings. The molecule has 1 aromatic carbocycles. The highest BCUT2D eigenvalue weighted by Gasteiger charge is 2.05. The van der Waals surface area contributed by atoms with E-state index in [1.165, 1.54) is 12.4 Å². The standard InChI is InChI=1S/C13H9Cl2N3O/c14-10-4-3-5-11(15)9(10)8-17-18-13(19)12-6-1-2-7-16-12/h1-8H,(H,18,19)/b17-8+. The van der Waals surface area contributed by atoms with Crippen LogP contribution in [-0.4, -0.2) is 17.1 Å². The van der Waals surface area contributed by atoms with Crippen molar-refractivity contribution in [3.8, 4) is 0 Å². The number of hydrogen-bond donors (Lipinski definition) is 1. The van der Waals surface area contributed by atoms with Crippen molar-refractivity contribution in [2.24, 2.45) is 5.10 Å². The zero-order valence-corrected chi connectivity index (χ0v) is 11.2. The molecule has 0 atom stereocenters. The molecule has 0 saturated heterocycles. The first-order valence-corrected chi connectivity index (χ1v) is 6.12. The van der Waals surface area contributed by atoms with Crippen LogP contribution < -0.4 is 5.43 Å². The molecule has 4 nitrogen and oxygen atoms in total. The highest BCUT2D eigenvalue weighted by molar-refractivity contribution is 6.38. The Labute approximate surface area is 120 Å². The molecule has 0 unspecified atom stereocenters. The average molecular weight is 294 g/mol. The summed E-state index contributed by atoms with van der Waals surface area (Å²) in [5.74, 6) is -0.403. The predicted octanol–water partition coefficient (Wildman–Crippen LogP) is 3.15. The van der Waals surface area contributed by atoms with E-state index in [-0.39, 0.29) is 5.69 Å². The Hall–Kier alpha value is -1.91. The number of halogens is 2. The molecule has 1 N–H and O–H groups in total. The van der Waals surface area contributed by atoms with Gasteiger partial charge in [-0.05, 0) is 24.3 Å². The lowest BCUT2D eigenvalue weighted by atomic mass is 10.2. The largest absolute Gasteiger partial charge is 0.289 e. The third-order valence-corrected chi connectivity index (χ3v) is 2.92. The topological polar surface area (TPSA) is 54.4 Å². The van der Waals surface area contributed by atoms with E-state index < -0.39 is 5.91 Å². The highest BCUT2D eigenvalue weighted by atomic mass is 35.5. The van der Waals surface area contributed by atoms with E-state index in [1.807, 2.05) is 0 Å². The number of carbonyl (C=O) groups excluding carboxylic acids is 1. The summed E-state index contributed by atoms with van der Waals surface area (Å²) in [5, 5.41) is 4.73. The van der Waals surface area contributed by atoms with E-state index in [0.717, 1.165) is 0 Å². The molecular formula is C13H9Cl2N3O. The Kier molecular flexibility index (Phi) is 4.49. The Morgan fingerprint density at radius 3 is 2.53 bits per heavy atom. The van der Waals surface area contributed by atoms with Crippen LogP contribution in [0.2, 0.25) is 10.0 Å². The summed E-state index contributed by atoms with van der Waals surface area (Å²) in [4.78, 5) is 15.6. The van der Waals surface area contributed by atoms with Crippen LogP contribution in [0.3, 0.4) is 0 Å². The van der Waals surface area contributed by atoms with Crippen LogP contribution in [0.15, 0.2) is 47.7 Å². The molecule has 19 heavy (non-hydrogen) atoms.